The highest BCUT2D eigenvalue weighted by atomic mass is 16.5. The van der Waals surface area contributed by atoms with Gasteiger partial charge < -0.3 is 19.9 Å². The van der Waals surface area contributed by atoms with E-state index in [4.69, 9.17) is 4.74 Å². The van der Waals surface area contributed by atoms with Crippen LogP contribution in [0.25, 0.3) is 0 Å². The Morgan fingerprint density at radius 3 is 2.21 bits per heavy atom. The van der Waals surface area contributed by atoms with Crippen LogP contribution in [0.5, 0.6) is 5.75 Å². The van der Waals surface area contributed by atoms with E-state index in [2.05, 4.69) is 48.0 Å². The highest BCUT2D eigenvalue weighted by Gasteiger charge is 2.15. The van der Waals surface area contributed by atoms with Crippen LogP contribution in [0.3, 0.4) is 0 Å². The second-order valence-corrected chi connectivity index (χ2v) is 7.65. The van der Waals surface area contributed by atoms with Gasteiger partial charge in [-0.25, -0.2) is 0 Å². The minimum absolute atomic E-state index is 0.111. The number of hydrogen-bond acceptors (Lipinski definition) is 4. The van der Waals surface area contributed by atoms with Crippen LogP contribution in [0.2, 0.25) is 0 Å². The summed E-state index contributed by atoms with van der Waals surface area (Å²) in [6.07, 6.45) is 0. The van der Waals surface area contributed by atoms with E-state index in [-0.39, 0.29) is 5.91 Å². The number of ether oxygens (including phenoxy) is 1. The minimum Gasteiger partial charge on any atom is -0.493 e. The normalized spacial score (nSPS) is 14.9. The molecule has 2 aromatic carbocycles. The Morgan fingerprint density at radius 2 is 1.64 bits per heavy atom. The lowest BCUT2D eigenvalue weighted by Crippen LogP contribution is -2.46. The molecular formula is C23H31N3O2. The quantitative estimate of drug-likeness (QED) is 0.784. The molecule has 0 atom stereocenters. The van der Waals surface area contributed by atoms with Gasteiger partial charge in [0.2, 0.25) is 0 Å². The van der Waals surface area contributed by atoms with Crippen LogP contribution < -0.4 is 15.0 Å². The summed E-state index contributed by atoms with van der Waals surface area (Å²) >= 11 is 0. The first-order chi connectivity index (χ1) is 13.5. The third-order valence-corrected chi connectivity index (χ3v) is 5.01. The van der Waals surface area contributed by atoms with E-state index in [1.54, 1.807) is 12.1 Å². The van der Waals surface area contributed by atoms with Crippen molar-refractivity contribution in [2.45, 2.75) is 20.8 Å². The van der Waals surface area contributed by atoms with Crippen LogP contribution in [-0.2, 0) is 0 Å². The molecule has 1 heterocycles. The van der Waals surface area contributed by atoms with Crippen molar-refractivity contribution >= 4 is 17.3 Å². The number of hydrogen-bond donors (Lipinski definition) is 1. The molecule has 0 aliphatic carbocycles. The van der Waals surface area contributed by atoms with E-state index in [9.17, 15) is 4.79 Å². The summed E-state index contributed by atoms with van der Waals surface area (Å²) in [5.74, 6) is 1.15. The van der Waals surface area contributed by atoms with E-state index < -0.39 is 0 Å². The van der Waals surface area contributed by atoms with Gasteiger partial charge >= 0.3 is 0 Å². The zero-order valence-electron chi connectivity index (χ0n) is 17.1. The lowest BCUT2D eigenvalue weighted by molar-refractivity contribution is 0.102. The van der Waals surface area contributed by atoms with E-state index in [0.29, 0.717) is 18.1 Å². The van der Waals surface area contributed by atoms with Crippen LogP contribution in [0.15, 0.2) is 48.5 Å². The molecule has 0 saturated carbocycles. The molecule has 1 amide bonds. The van der Waals surface area contributed by atoms with Crippen LogP contribution in [0, 0.1) is 5.92 Å². The summed E-state index contributed by atoms with van der Waals surface area (Å²) in [4.78, 5) is 17.3. The Bertz CT molecular complexity index is 748. The molecule has 1 saturated heterocycles. The Hall–Kier alpha value is -2.53. The summed E-state index contributed by atoms with van der Waals surface area (Å²) < 4.78 is 5.67. The van der Waals surface area contributed by atoms with Gasteiger partial charge in [-0.2, -0.15) is 0 Å². The third kappa shape index (κ3) is 5.49. The number of anilines is 2. The van der Waals surface area contributed by atoms with Crippen LogP contribution in [0.1, 0.15) is 31.1 Å². The van der Waals surface area contributed by atoms with Gasteiger partial charge in [0, 0.05) is 43.1 Å². The zero-order chi connectivity index (χ0) is 19.9. The number of carbonyl (C=O) groups excluding carboxylic acids is 1. The number of amides is 1. The first-order valence-electron chi connectivity index (χ1n) is 10.2. The number of nitrogens with zero attached hydrogens (tertiary/aromatic N) is 2. The molecule has 1 aliphatic heterocycles. The van der Waals surface area contributed by atoms with Gasteiger partial charge in [-0.15, -0.1) is 0 Å². The number of piperazine rings is 1. The second-order valence-electron chi connectivity index (χ2n) is 7.65. The molecule has 5 nitrogen and oxygen atoms in total. The van der Waals surface area contributed by atoms with Gasteiger partial charge in [-0.3, -0.25) is 4.79 Å². The Balaban J connectivity index is 1.54. The second kappa shape index (κ2) is 9.60. The van der Waals surface area contributed by atoms with Crippen molar-refractivity contribution in [2.75, 3.05) is 49.5 Å². The highest BCUT2D eigenvalue weighted by Crippen LogP contribution is 2.20. The molecule has 1 N–H and O–H groups in total. The first-order valence-corrected chi connectivity index (χ1v) is 10.2. The summed E-state index contributed by atoms with van der Waals surface area (Å²) in [7, 11) is 0. The molecular weight excluding hydrogens is 350 g/mol. The smallest absolute Gasteiger partial charge is 0.255 e. The predicted octanol–water partition coefficient (Wildman–Crippen LogP) is 4.12. The number of carbonyl (C=O) groups is 1. The first kappa shape index (κ1) is 20.2. The van der Waals surface area contributed by atoms with Crippen molar-refractivity contribution in [2.24, 2.45) is 5.92 Å². The van der Waals surface area contributed by atoms with Crippen molar-refractivity contribution < 1.29 is 9.53 Å². The van der Waals surface area contributed by atoms with Crippen LogP contribution >= 0.6 is 0 Å². The monoisotopic (exact) mass is 381 g/mol. The molecule has 2 aromatic rings. The van der Waals surface area contributed by atoms with Crippen molar-refractivity contribution in [1.82, 2.24) is 4.90 Å². The summed E-state index contributed by atoms with van der Waals surface area (Å²) in [6, 6.07) is 15.4. The molecule has 150 valence electrons. The van der Waals surface area contributed by atoms with E-state index in [0.717, 1.165) is 44.2 Å². The largest absolute Gasteiger partial charge is 0.493 e. The molecule has 0 bridgehead atoms. The SMILES string of the molecule is CCN1CCN(c2ccc(NC(=O)c3ccc(OCC(C)C)cc3)cc2)CC1. The summed E-state index contributed by atoms with van der Waals surface area (Å²) in [5, 5.41) is 2.97. The average molecular weight is 382 g/mol. The number of nitrogens with one attached hydrogen (secondary N) is 1. The van der Waals surface area contributed by atoms with Gasteiger partial charge in [-0.1, -0.05) is 20.8 Å². The van der Waals surface area contributed by atoms with Crippen LogP contribution in [0.4, 0.5) is 11.4 Å². The number of benzene rings is 2. The lowest BCUT2D eigenvalue weighted by atomic mass is 10.2. The molecule has 1 fully saturated rings. The van der Waals surface area contributed by atoms with Gasteiger partial charge in [0.05, 0.1) is 6.61 Å². The maximum atomic E-state index is 12.5. The van der Waals surface area contributed by atoms with Gasteiger partial charge in [0.25, 0.3) is 5.91 Å². The molecule has 0 aromatic heterocycles. The fraction of sp³-hybridized carbons (Fsp3) is 0.435. The molecule has 5 heteroatoms. The van der Waals surface area contributed by atoms with Crippen molar-refractivity contribution in [3.63, 3.8) is 0 Å². The number of rotatable bonds is 7. The fourth-order valence-corrected chi connectivity index (χ4v) is 3.25. The Morgan fingerprint density at radius 1 is 1.00 bits per heavy atom. The van der Waals surface area contributed by atoms with E-state index >= 15 is 0 Å². The highest BCUT2D eigenvalue weighted by molar-refractivity contribution is 6.04. The van der Waals surface area contributed by atoms with Gasteiger partial charge in [0.1, 0.15) is 5.75 Å². The average Bonchev–Trinajstić information content (AvgIpc) is 2.73. The van der Waals surface area contributed by atoms with E-state index in [1.165, 1.54) is 5.69 Å². The molecule has 3 rings (SSSR count). The fourth-order valence-electron chi connectivity index (χ4n) is 3.25. The molecule has 28 heavy (non-hydrogen) atoms. The van der Waals surface area contributed by atoms with E-state index in [1.807, 2.05) is 24.3 Å². The van der Waals surface area contributed by atoms with Crippen molar-refractivity contribution in [3.8, 4) is 5.75 Å². The number of likely N-dealkylation sites (N-methyl/N-ethyl adjacent to an activating group) is 1. The zero-order valence-corrected chi connectivity index (χ0v) is 17.1. The maximum Gasteiger partial charge on any atom is 0.255 e. The lowest BCUT2D eigenvalue weighted by Gasteiger charge is -2.35. The maximum absolute atomic E-state index is 12.5. The van der Waals surface area contributed by atoms with Crippen LogP contribution in [-0.4, -0.2) is 50.1 Å². The summed E-state index contributed by atoms with van der Waals surface area (Å²) in [5.41, 5.74) is 2.64. The van der Waals surface area contributed by atoms with Gasteiger partial charge in [0.15, 0.2) is 0 Å². The summed E-state index contributed by atoms with van der Waals surface area (Å²) in [6.45, 7) is 12.5. The predicted molar refractivity (Wildman–Crippen MR) is 115 cm³/mol. The molecule has 0 unspecified atom stereocenters. The molecule has 0 radical (unpaired) electrons. The Labute approximate surface area is 168 Å². The Kier molecular flexibility index (Phi) is 6.93. The standard InChI is InChI=1S/C23H31N3O2/c1-4-25-13-15-26(16-14-25)21-9-7-20(8-10-21)24-23(27)19-5-11-22(12-6-19)28-17-18(2)3/h5-12,18H,4,13-17H2,1-3H3,(H,24,27). The van der Waals surface area contributed by atoms with Crippen molar-refractivity contribution in [3.05, 3.63) is 54.1 Å². The third-order valence-electron chi connectivity index (χ3n) is 5.01. The minimum atomic E-state index is -0.111. The topological polar surface area (TPSA) is 44.8 Å². The van der Waals surface area contributed by atoms with Crippen molar-refractivity contribution in [1.29, 1.82) is 0 Å². The molecule has 1 aliphatic rings. The molecule has 0 spiro atoms. The van der Waals surface area contributed by atoms with Gasteiger partial charge in [-0.05, 0) is 61.0 Å².